The fourth-order valence-corrected chi connectivity index (χ4v) is 4.35. The number of hydrogen-bond donors (Lipinski definition) is 0. The molecule has 3 aromatic rings. The molecule has 3 rings (SSSR count). The van der Waals surface area contributed by atoms with Crippen LogP contribution in [0.2, 0.25) is 0 Å². The van der Waals surface area contributed by atoms with E-state index in [2.05, 4.69) is 0 Å². The van der Waals surface area contributed by atoms with Crippen molar-refractivity contribution in [1.82, 2.24) is 0 Å². The number of halogens is 1. The SMILES string of the molecule is O=S(=O)(CC(Cl)c1ccccc1)c1ccc(Oc2ccccc2)cc1. The van der Waals surface area contributed by atoms with Gasteiger partial charge in [0.05, 0.1) is 16.0 Å². The Balaban J connectivity index is 1.72. The molecule has 128 valence electrons. The molecule has 5 heteroatoms. The fourth-order valence-electron chi connectivity index (χ4n) is 2.39. The van der Waals surface area contributed by atoms with Gasteiger partial charge in [-0.15, -0.1) is 11.6 Å². The van der Waals surface area contributed by atoms with Crippen molar-refractivity contribution in [2.45, 2.75) is 10.3 Å². The highest BCUT2D eigenvalue weighted by Crippen LogP contribution is 2.27. The van der Waals surface area contributed by atoms with Crippen molar-refractivity contribution in [1.29, 1.82) is 0 Å². The lowest BCUT2D eigenvalue weighted by molar-refractivity contribution is 0.482. The highest BCUT2D eigenvalue weighted by molar-refractivity contribution is 7.91. The van der Waals surface area contributed by atoms with E-state index in [1.807, 2.05) is 60.7 Å². The summed E-state index contributed by atoms with van der Waals surface area (Å²) in [7, 11) is -3.48. The average Bonchev–Trinajstić information content (AvgIpc) is 2.63. The third-order valence-electron chi connectivity index (χ3n) is 3.69. The average molecular weight is 373 g/mol. The van der Waals surface area contributed by atoms with Gasteiger partial charge in [0.2, 0.25) is 0 Å². The Kier molecular flexibility index (Phi) is 5.41. The molecule has 0 aliphatic carbocycles. The molecule has 1 unspecified atom stereocenters. The van der Waals surface area contributed by atoms with Crippen LogP contribution < -0.4 is 4.74 Å². The molecule has 0 fully saturated rings. The maximum Gasteiger partial charge on any atom is 0.180 e. The van der Waals surface area contributed by atoms with Crippen LogP contribution in [0.3, 0.4) is 0 Å². The molecule has 0 aliphatic rings. The van der Waals surface area contributed by atoms with Gasteiger partial charge in [-0.05, 0) is 42.0 Å². The molecule has 0 bridgehead atoms. The van der Waals surface area contributed by atoms with Crippen LogP contribution in [-0.4, -0.2) is 14.2 Å². The van der Waals surface area contributed by atoms with Gasteiger partial charge in [-0.25, -0.2) is 8.42 Å². The van der Waals surface area contributed by atoms with E-state index in [9.17, 15) is 8.42 Å². The van der Waals surface area contributed by atoms with Gasteiger partial charge in [0.15, 0.2) is 9.84 Å². The van der Waals surface area contributed by atoms with Gasteiger partial charge in [-0.3, -0.25) is 0 Å². The van der Waals surface area contributed by atoms with Crippen molar-refractivity contribution in [2.24, 2.45) is 0 Å². The summed E-state index contributed by atoms with van der Waals surface area (Å²) in [6.45, 7) is 0. The second-order valence-corrected chi connectivity index (χ2v) is 8.11. The van der Waals surface area contributed by atoms with Crippen molar-refractivity contribution in [2.75, 3.05) is 5.75 Å². The Morgan fingerprint density at radius 1 is 0.760 bits per heavy atom. The summed E-state index contributed by atoms with van der Waals surface area (Å²) in [6.07, 6.45) is 0. The zero-order valence-electron chi connectivity index (χ0n) is 13.4. The smallest absolute Gasteiger partial charge is 0.180 e. The first-order valence-electron chi connectivity index (χ1n) is 7.79. The Morgan fingerprint density at radius 3 is 1.88 bits per heavy atom. The van der Waals surface area contributed by atoms with Crippen molar-refractivity contribution < 1.29 is 13.2 Å². The largest absolute Gasteiger partial charge is 0.457 e. The predicted molar refractivity (Wildman–Crippen MR) is 100 cm³/mol. The summed E-state index contributed by atoms with van der Waals surface area (Å²) >= 11 is 6.28. The number of sulfone groups is 1. The molecule has 1 atom stereocenters. The number of ether oxygens (including phenoxy) is 1. The number of rotatable bonds is 6. The predicted octanol–water partition coefficient (Wildman–Crippen LogP) is 5.23. The molecule has 0 saturated heterocycles. The van der Waals surface area contributed by atoms with E-state index >= 15 is 0 Å². The van der Waals surface area contributed by atoms with Crippen molar-refractivity contribution in [3.63, 3.8) is 0 Å². The summed E-state index contributed by atoms with van der Waals surface area (Å²) in [6, 6.07) is 24.9. The zero-order chi connectivity index (χ0) is 17.7. The Hall–Kier alpha value is -2.30. The number of para-hydroxylation sites is 1. The monoisotopic (exact) mass is 372 g/mol. The third kappa shape index (κ3) is 4.62. The lowest BCUT2D eigenvalue weighted by Gasteiger charge is -2.11. The molecule has 25 heavy (non-hydrogen) atoms. The fraction of sp³-hybridized carbons (Fsp3) is 0.100. The van der Waals surface area contributed by atoms with Gasteiger partial charge in [-0.1, -0.05) is 48.5 Å². The minimum atomic E-state index is -3.48. The first-order chi connectivity index (χ1) is 12.0. The molecule has 0 saturated carbocycles. The summed E-state index contributed by atoms with van der Waals surface area (Å²) < 4.78 is 30.8. The molecule has 0 aromatic heterocycles. The van der Waals surface area contributed by atoms with Gasteiger partial charge < -0.3 is 4.74 Å². The van der Waals surface area contributed by atoms with Crippen LogP contribution in [0.1, 0.15) is 10.9 Å². The van der Waals surface area contributed by atoms with Crippen LogP contribution in [0.5, 0.6) is 11.5 Å². The van der Waals surface area contributed by atoms with Crippen LogP contribution in [0, 0.1) is 0 Å². The van der Waals surface area contributed by atoms with E-state index in [0.29, 0.717) is 11.5 Å². The second-order valence-electron chi connectivity index (χ2n) is 5.55. The molecule has 3 nitrogen and oxygen atoms in total. The van der Waals surface area contributed by atoms with E-state index in [4.69, 9.17) is 16.3 Å². The van der Waals surface area contributed by atoms with Crippen LogP contribution in [0.25, 0.3) is 0 Å². The van der Waals surface area contributed by atoms with E-state index in [1.165, 1.54) is 0 Å². The minimum Gasteiger partial charge on any atom is -0.457 e. The van der Waals surface area contributed by atoms with Crippen LogP contribution in [0.4, 0.5) is 0 Å². The zero-order valence-corrected chi connectivity index (χ0v) is 15.0. The second kappa shape index (κ2) is 7.72. The molecule has 0 heterocycles. The van der Waals surface area contributed by atoms with Crippen molar-refractivity contribution >= 4 is 21.4 Å². The van der Waals surface area contributed by atoms with E-state index in [1.54, 1.807) is 24.3 Å². The first-order valence-corrected chi connectivity index (χ1v) is 9.88. The van der Waals surface area contributed by atoms with Crippen molar-refractivity contribution in [3.8, 4) is 11.5 Å². The van der Waals surface area contributed by atoms with E-state index < -0.39 is 15.2 Å². The number of hydrogen-bond acceptors (Lipinski definition) is 3. The standard InChI is InChI=1S/C20H17ClO3S/c21-20(16-7-3-1-4-8-16)15-25(22,23)19-13-11-18(12-14-19)24-17-9-5-2-6-10-17/h1-14,20H,15H2. The molecule has 0 aliphatic heterocycles. The lowest BCUT2D eigenvalue weighted by Crippen LogP contribution is -2.11. The van der Waals surface area contributed by atoms with Crippen molar-refractivity contribution in [3.05, 3.63) is 90.5 Å². The summed E-state index contributed by atoms with van der Waals surface area (Å²) in [4.78, 5) is 0.231. The highest BCUT2D eigenvalue weighted by atomic mass is 35.5. The Labute approximate surface area is 152 Å². The topological polar surface area (TPSA) is 43.4 Å². The summed E-state index contributed by atoms with van der Waals surface area (Å²) in [5.74, 6) is 1.12. The lowest BCUT2D eigenvalue weighted by atomic mass is 10.2. The Morgan fingerprint density at radius 2 is 1.28 bits per heavy atom. The summed E-state index contributed by atoms with van der Waals surface area (Å²) in [5, 5.41) is -0.591. The molecule has 0 amide bonds. The van der Waals surface area contributed by atoms with Gasteiger partial charge in [-0.2, -0.15) is 0 Å². The number of alkyl halides is 1. The first kappa shape index (κ1) is 17.5. The number of benzene rings is 3. The molecular formula is C20H17ClO3S. The molecule has 0 N–H and O–H groups in total. The maximum absolute atomic E-state index is 12.6. The summed E-state index contributed by atoms with van der Waals surface area (Å²) in [5.41, 5.74) is 0.789. The molecule has 0 radical (unpaired) electrons. The quantitative estimate of drug-likeness (QED) is 0.556. The molecular weight excluding hydrogens is 356 g/mol. The van der Waals surface area contributed by atoms with Gasteiger partial charge >= 0.3 is 0 Å². The molecule has 0 spiro atoms. The molecule has 3 aromatic carbocycles. The Bertz CT molecular complexity index is 908. The van der Waals surface area contributed by atoms with E-state index in [0.717, 1.165) is 5.56 Å². The normalized spacial score (nSPS) is 12.5. The third-order valence-corrected chi connectivity index (χ3v) is 6.04. The van der Waals surface area contributed by atoms with Gasteiger partial charge in [0.1, 0.15) is 11.5 Å². The maximum atomic E-state index is 12.6. The van der Waals surface area contributed by atoms with Crippen LogP contribution >= 0.6 is 11.6 Å². The minimum absolute atomic E-state index is 0.155. The van der Waals surface area contributed by atoms with Crippen LogP contribution in [-0.2, 0) is 9.84 Å². The van der Waals surface area contributed by atoms with Gasteiger partial charge in [0.25, 0.3) is 0 Å². The van der Waals surface area contributed by atoms with Gasteiger partial charge in [0, 0.05) is 0 Å². The van der Waals surface area contributed by atoms with Crippen LogP contribution in [0.15, 0.2) is 89.8 Å². The highest BCUT2D eigenvalue weighted by Gasteiger charge is 2.21. The van der Waals surface area contributed by atoms with E-state index in [-0.39, 0.29) is 10.6 Å².